The molecule has 0 saturated heterocycles. The van der Waals surface area contributed by atoms with Crippen molar-refractivity contribution in [1.82, 2.24) is 15.0 Å². The van der Waals surface area contributed by atoms with E-state index in [1.807, 2.05) is 13.0 Å². The van der Waals surface area contributed by atoms with Gasteiger partial charge in [0, 0.05) is 55.8 Å². The van der Waals surface area contributed by atoms with Crippen molar-refractivity contribution in [3.05, 3.63) is 52.3 Å². The zero-order valence-electron chi connectivity index (χ0n) is 16.8. The summed E-state index contributed by atoms with van der Waals surface area (Å²) in [6.45, 7) is 7.52. The third kappa shape index (κ3) is 5.56. The monoisotopic (exact) mass is 386 g/mol. The highest BCUT2D eigenvalue weighted by molar-refractivity contribution is 5.63. The van der Waals surface area contributed by atoms with Crippen molar-refractivity contribution in [3.63, 3.8) is 0 Å². The molecule has 0 amide bonds. The van der Waals surface area contributed by atoms with Gasteiger partial charge in [-0.2, -0.15) is 0 Å². The molecule has 8 nitrogen and oxygen atoms in total. The Hall–Kier alpha value is -2.87. The number of H-pyrrole nitrogens is 1. The Bertz CT molecular complexity index is 828. The van der Waals surface area contributed by atoms with Crippen molar-refractivity contribution >= 4 is 17.2 Å². The fourth-order valence-corrected chi connectivity index (χ4v) is 2.95. The molecule has 5 N–H and O–H groups in total. The summed E-state index contributed by atoms with van der Waals surface area (Å²) in [6.07, 6.45) is 4.59. The number of anilines is 2. The standard InChI is InChI=1S/C20H30N6O2/c1-4-16(11-21)20-24-17(22-12-15-6-7-19(28)23-13-15)10-18(25-20)26(5-2)14(3)8-9-27/h6-7,10-11,13-14,27H,4-5,8-9,12,21H2,1-3H3,(H,23,28)(H,22,24,25)/b16-11-. The van der Waals surface area contributed by atoms with Crippen molar-refractivity contribution in [2.45, 2.75) is 46.2 Å². The maximum atomic E-state index is 11.2. The number of allylic oxidation sites excluding steroid dienone is 1. The Kier molecular flexibility index (Phi) is 8.01. The fraction of sp³-hybridized carbons (Fsp3) is 0.450. The van der Waals surface area contributed by atoms with E-state index in [0.717, 1.165) is 29.9 Å². The largest absolute Gasteiger partial charge is 0.404 e. The van der Waals surface area contributed by atoms with Gasteiger partial charge in [0.1, 0.15) is 11.6 Å². The molecule has 8 heteroatoms. The number of aliphatic hydroxyl groups excluding tert-OH is 1. The van der Waals surface area contributed by atoms with Gasteiger partial charge in [-0.25, -0.2) is 9.97 Å². The Morgan fingerprint density at radius 3 is 2.75 bits per heavy atom. The number of rotatable bonds is 10. The Morgan fingerprint density at radius 2 is 2.18 bits per heavy atom. The summed E-state index contributed by atoms with van der Waals surface area (Å²) in [4.78, 5) is 25.3. The van der Waals surface area contributed by atoms with E-state index in [1.54, 1.807) is 12.3 Å². The lowest BCUT2D eigenvalue weighted by molar-refractivity contribution is 0.276. The highest BCUT2D eigenvalue weighted by atomic mass is 16.3. The summed E-state index contributed by atoms with van der Waals surface area (Å²) in [7, 11) is 0. The SMILES string of the molecule is CC/C(=C/N)c1nc(NCc2ccc(=O)[nH]c2)cc(N(CC)C(C)CCO)n1. The minimum Gasteiger partial charge on any atom is -0.404 e. The molecule has 0 aromatic carbocycles. The minimum atomic E-state index is -0.132. The molecule has 1 atom stereocenters. The van der Waals surface area contributed by atoms with Gasteiger partial charge in [0.25, 0.3) is 0 Å². The smallest absolute Gasteiger partial charge is 0.247 e. The molecule has 0 radical (unpaired) electrons. The predicted molar refractivity (Wildman–Crippen MR) is 113 cm³/mol. The topological polar surface area (TPSA) is 120 Å². The van der Waals surface area contributed by atoms with Crippen LogP contribution in [0.4, 0.5) is 11.6 Å². The van der Waals surface area contributed by atoms with Gasteiger partial charge >= 0.3 is 0 Å². The predicted octanol–water partition coefficient (Wildman–Crippen LogP) is 2.08. The molecular formula is C20H30N6O2. The maximum absolute atomic E-state index is 11.2. The van der Waals surface area contributed by atoms with Crippen LogP contribution >= 0.6 is 0 Å². The van der Waals surface area contributed by atoms with Crippen LogP contribution in [0.1, 0.15) is 45.0 Å². The number of nitrogens with two attached hydrogens (primary N) is 1. The number of pyridine rings is 1. The van der Waals surface area contributed by atoms with E-state index in [1.165, 1.54) is 12.3 Å². The minimum absolute atomic E-state index is 0.121. The van der Waals surface area contributed by atoms with Crippen LogP contribution in [0.5, 0.6) is 0 Å². The van der Waals surface area contributed by atoms with Crippen LogP contribution in [0.25, 0.3) is 5.57 Å². The molecule has 2 aromatic rings. The zero-order valence-corrected chi connectivity index (χ0v) is 16.8. The maximum Gasteiger partial charge on any atom is 0.247 e. The fourth-order valence-electron chi connectivity index (χ4n) is 2.95. The number of aliphatic hydroxyl groups is 1. The van der Waals surface area contributed by atoms with Gasteiger partial charge in [-0.05, 0) is 32.3 Å². The lowest BCUT2D eigenvalue weighted by atomic mass is 10.2. The van der Waals surface area contributed by atoms with Crippen LogP contribution in [0, 0.1) is 0 Å². The van der Waals surface area contributed by atoms with E-state index < -0.39 is 0 Å². The molecule has 0 bridgehead atoms. The van der Waals surface area contributed by atoms with Gasteiger partial charge in [0.2, 0.25) is 5.56 Å². The second kappa shape index (κ2) is 10.5. The molecule has 28 heavy (non-hydrogen) atoms. The Labute approximate surface area is 165 Å². The highest BCUT2D eigenvalue weighted by Crippen LogP contribution is 2.23. The van der Waals surface area contributed by atoms with Gasteiger partial charge < -0.3 is 26.0 Å². The molecular weight excluding hydrogens is 356 g/mol. The lowest BCUT2D eigenvalue weighted by Crippen LogP contribution is -2.34. The molecule has 0 saturated carbocycles. The zero-order chi connectivity index (χ0) is 20.5. The molecule has 152 valence electrons. The second-order valence-electron chi connectivity index (χ2n) is 6.54. The van der Waals surface area contributed by atoms with Crippen LogP contribution in [0.15, 0.2) is 35.4 Å². The van der Waals surface area contributed by atoms with Gasteiger partial charge in [-0.1, -0.05) is 13.0 Å². The first kappa shape index (κ1) is 21.4. The van der Waals surface area contributed by atoms with Gasteiger partial charge in [0.15, 0.2) is 5.82 Å². The third-order valence-corrected chi connectivity index (χ3v) is 4.62. The summed E-state index contributed by atoms with van der Waals surface area (Å²) in [5.74, 6) is 2.04. The van der Waals surface area contributed by atoms with Crippen molar-refractivity contribution in [3.8, 4) is 0 Å². The first-order valence-electron chi connectivity index (χ1n) is 9.61. The Balaban J connectivity index is 2.35. The van der Waals surface area contributed by atoms with Gasteiger partial charge in [0.05, 0.1) is 0 Å². The van der Waals surface area contributed by atoms with E-state index in [0.29, 0.717) is 24.6 Å². The van der Waals surface area contributed by atoms with Crippen LogP contribution in [0.2, 0.25) is 0 Å². The molecule has 0 aliphatic carbocycles. The van der Waals surface area contributed by atoms with Crippen molar-refractivity contribution in [2.24, 2.45) is 5.73 Å². The van der Waals surface area contributed by atoms with Crippen molar-refractivity contribution < 1.29 is 5.11 Å². The van der Waals surface area contributed by atoms with E-state index in [2.05, 4.69) is 34.0 Å². The summed E-state index contributed by atoms with van der Waals surface area (Å²) in [5, 5.41) is 12.6. The summed E-state index contributed by atoms with van der Waals surface area (Å²) in [5.41, 5.74) is 7.43. The number of nitrogens with zero attached hydrogens (tertiary/aromatic N) is 3. The van der Waals surface area contributed by atoms with Gasteiger partial charge in [-0.3, -0.25) is 4.79 Å². The summed E-state index contributed by atoms with van der Waals surface area (Å²) >= 11 is 0. The summed E-state index contributed by atoms with van der Waals surface area (Å²) < 4.78 is 0. The number of nitrogens with one attached hydrogen (secondary N) is 2. The van der Waals surface area contributed by atoms with E-state index >= 15 is 0 Å². The molecule has 0 fully saturated rings. The molecule has 1 unspecified atom stereocenters. The molecule has 2 rings (SSSR count). The summed E-state index contributed by atoms with van der Waals surface area (Å²) in [6, 6.07) is 5.30. The van der Waals surface area contributed by atoms with Crippen molar-refractivity contribution in [2.75, 3.05) is 23.4 Å². The molecule has 0 spiro atoms. The van der Waals surface area contributed by atoms with Crippen LogP contribution in [-0.2, 0) is 6.54 Å². The normalized spacial score (nSPS) is 12.6. The quantitative estimate of drug-likeness (QED) is 0.493. The lowest BCUT2D eigenvalue weighted by Gasteiger charge is -2.29. The van der Waals surface area contributed by atoms with Crippen LogP contribution in [-0.4, -0.2) is 39.3 Å². The number of aromatic nitrogens is 3. The van der Waals surface area contributed by atoms with E-state index in [4.69, 9.17) is 10.7 Å². The average Bonchev–Trinajstić information content (AvgIpc) is 2.69. The first-order chi connectivity index (χ1) is 13.5. The van der Waals surface area contributed by atoms with E-state index in [9.17, 15) is 9.90 Å². The third-order valence-electron chi connectivity index (χ3n) is 4.62. The second-order valence-corrected chi connectivity index (χ2v) is 6.54. The highest BCUT2D eigenvalue weighted by Gasteiger charge is 2.17. The number of hydrogen-bond donors (Lipinski definition) is 4. The van der Waals surface area contributed by atoms with Crippen LogP contribution in [0.3, 0.4) is 0 Å². The molecule has 0 aliphatic heterocycles. The molecule has 2 heterocycles. The first-order valence-corrected chi connectivity index (χ1v) is 9.61. The van der Waals surface area contributed by atoms with Crippen LogP contribution < -0.4 is 21.5 Å². The number of aromatic amines is 1. The van der Waals surface area contributed by atoms with Gasteiger partial charge in [-0.15, -0.1) is 0 Å². The average molecular weight is 387 g/mol. The van der Waals surface area contributed by atoms with E-state index in [-0.39, 0.29) is 18.2 Å². The Morgan fingerprint density at radius 1 is 1.39 bits per heavy atom. The molecule has 0 aliphatic rings. The van der Waals surface area contributed by atoms with Crippen molar-refractivity contribution in [1.29, 1.82) is 0 Å². The number of hydrogen-bond acceptors (Lipinski definition) is 7. The molecule has 2 aromatic heterocycles.